The molecule has 0 bridgehead atoms. The van der Waals surface area contributed by atoms with E-state index < -0.39 is 29.6 Å². The van der Waals surface area contributed by atoms with Gasteiger partial charge in [0.25, 0.3) is 0 Å². The van der Waals surface area contributed by atoms with Gasteiger partial charge in [-0.05, 0) is 0 Å². The zero-order chi connectivity index (χ0) is 6.41. The average Bonchev–Trinajstić information content (AvgIpc) is 1.68. The van der Waals surface area contributed by atoms with Crippen LogP contribution in [0, 0.1) is 0 Å². The molecule has 0 saturated heterocycles. The molecule has 0 amide bonds. The summed E-state index contributed by atoms with van der Waals surface area (Å²) in [5, 5.41) is 0. The van der Waals surface area contributed by atoms with Crippen molar-refractivity contribution in [1.29, 1.82) is 0 Å². The van der Waals surface area contributed by atoms with E-state index in [1.807, 2.05) is 0 Å². The van der Waals surface area contributed by atoms with Crippen LogP contribution in [0.3, 0.4) is 0 Å². The molecule has 0 aromatic carbocycles. The second-order valence-electron chi connectivity index (χ2n) is 0.927. The Morgan fingerprint density at radius 3 is 1.75 bits per heavy atom. The monoisotopic (exact) mass is 138 g/mol. The summed E-state index contributed by atoms with van der Waals surface area (Å²) < 4.78 is 2.69. The number of carbonyl (C=O) groups excluding carboxylic acids is 3. The maximum absolute atomic E-state index is 10.2. The predicted molar refractivity (Wildman–Crippen MR) is 28.3 cm³/mol. The molecule has 0 unspecified atom stereocenters. The van der Waals surface area contributed by atoms with E-state index >= 15 is 0 Å². The SMILES string of the molecule is O=[C]=[Al][C](=O)[Al]=[C]=O. The van der Waals surface area contributed by atoms with Crippen molar-refractivity contribution >= 4 is 42.6 Å². The van der Waals surface area contributed by atoms with Crippen LogP contribution in [0.2, 0.25) is 0 Å². The summed E-state index contributed by atoms with van der Waals surface area (Å²) in [5.74, 6) is 0. The molecule has 0 heterocycles. The average molecular weight is 138 g/mol. The summed E-state index contributed by atoms with van der Waals surface area (Å²) in [6.45, 7) is 0. The molecule has 0 aliphatic heterocycles. The number of hydrogen-bond acceptors (Lipinski definition) is 3. The summed E-state index contributed by atoms with van der Waals surface area (Å²) >= 11 is -1.81. The van der Waals surface area contributed by atoms with Crippen LogP contribution in [0.1, 0.15) is 0 Å². The minimum absolute atomic E-state index is 0.269. The quantitative estimate of drug-likeness (QED) is 0.443. The fourth-order valence-electron chi connectivity index (χ4n) is 0.158. The van der Waals surface area contributed by atoms with Crippen molar-refractivity contribution in [3.8, 4) is 0 Å². The Bertz CT molecular complexity index is 165. The molecule has 5 heteroatoms. The first kappa shape index (κ1) is 7.89. The van der Waals surface area contributed by atoms with Crippen LogP contribution >= 0.6 is 0 Å². The summed E-state index contributed by atoms with van der Waals surface area (Å²) in [4.78, 5) is 29.1. The molecule has 0 rings (SSSR count). The maximum atomic E-state index is 10.2. The molecule has 0 fully saturated rings. The van der Waals surface area contributed by atoms with Gasteiger partial charge in [-0.25, -0.2) is 0 Å². The zero-order valence-corrected chi connectivity index (χ0v) is 6.19. The van der Waals surface area contributed by atoms with E-state index in [1.54, 1.807) is 0 Å². The fourth-order valence-corrected chi connectivity index (χ4v) is 1.13. The molecule has 0 aliphatic rings. The van der Waals surface area contributed by atoms with E-state index in [2.05, 4.69) is 0 Å². The predicted octanol–water partition coefficient (Wildman–Crippen LogP) is -1.35. The first-order valence-electron chi connectivity index (χ1n) is 1.77. The number of carbonyl (C=O) groups is 1. The molecule has 0 saturated carbocycles. The van der Waals surface area contributed by atoms with Gasteiger partial charge in [0.2, 0.25) is 0 Å². The molecule has 0 aromatic rings. The van der Waals surface area contributed by atoms with Gasteiger partial charge in [-0.1, -0.05) is 0 Å². The van der Waals surface area contributed by atoms with E-state index in [1.165, 1.54) is 9.50 Å². The van der Waals surface area contributed by atoms with E-state index in [0.717, 1.165) is 0 Å². The van der Waals surface area contributed by atoms with E-state index in [4.69, 9.17) is 0 Å². The van der Waals surface area contributed by atoms with Crippen LogP contribution in [0.5, 0.6) is 0 Å². The van der Waals surface area contributed by atoms with Gasteiger partial charge in [0.1, 0.15) is 0 Å². The summed E-state index contributed by atoms with van der Waals surface area (Å²) in [6.07, 6.45) is 0. The minimum atomic E-state index is -0.905. The first-order valence-corrected chi connectivity index (χ1v) is 4.08. The zero-order valence-electron chi connectivity index (χ0n) is 3.88. The van der Waals surface area contributed by atoms with Gasteiger partial charge in [-0.3, -0.25) is 0 Å². The van der Waals surface area contributed by atoms with Crippen molar-refractivity contribution < 1.29 is 14.4 Å². The third-order valence-corrected chi connectivity index (χ3v) is 2.21. The van der Waals surface area contributed by atoms with Gasteiger partial charge in [0.15, 0.2) is 0 Å². The number of rotatable bonds is 2. The molecule has 8 heavy (non-hydrogen) atoms. The Hall–Kier alpha value is -0.105. The third kappa shape index (κ3) is 4.06. The van der Waals surface area contributed by atoms with Crippen molar-refractivity contribution in [2.75, 3.05) is 0 Å². The third-order valence-electron chi connectivity index (χ3n) is 0.402. The molecule has 3 nitrogen and oxygen atoms in total. The van der Waals surface area contributed by atoms with E-state index in [-0.39, 0.29) is 3.51 Å². The Balaban J connectivity index is 4.04. The molecule has 0 radical (unpaired) electrons. The molecular formula is C3Al2O3. The normalized spacial score (nSPS) is 5.00. The Kier molecular flexibility index (Phi) is 4.97. The molecular weight excluding hydrogens is 138 g/mol. The van der Waals surface area contributed by atoms with Crippen LogP contribution in [0.25, 0.3) is 0 Å². The molecule has 0 aromatic heterocycles. The van der Waals surface area contributed by atoms with Crippen LogP contribution in [-0.4, -0.2) is 42.6 Å². The first-order chi connectivity index (χ1) is 3.81. The van der Waals surface area contributed by atoms with Crippen LogP contribution in [-0.2, 0) is 9.59 Å². The Morgan fingerprint density at radius 2 is 1.50 bits per heavy atom. The van der Waals surface area contributed by atoms with Crippen molar-refractivity contribution in [1.82, 2.24) is 0 Å². The van der Waals surface area contributed by atoms with Gasteiger partial charge >= 0.3 is 56.9 Å². The Labute approximate surface area is 57.2 Å². The molecule has 36 valence electrons. The van der Waals surface area contributed by atoms with Crippen LogP contribution in [0.15, 0.2) is 0 Å². The number of hydrogen-bond donors (Lipinski definition) is 0. The molecule has 0 atom stereocenters. The van der Waals surface area contributed by atoms with Gasteiger partial charge in [-0.15, -0.1) is 0 Å². The molecule has 0 aliphatic carbocycles. The summed E-state index contributed by atoms with van der Waals surface area (Å²) in [5.41, 5.74) is 0. The summed E-state index contributed by atoms with van der Waals surface area (Å²) in [6, 6.07) is 0. The van der Waals surface area contributed by atoms with E-state index in [0.29, 0.717) is 0 Å². The Morgan fingerprint density at radius 1 is 1.12 bits per heavy atom. The van der Waals surface area contributed by atoms with Crippen molar-refractivity contribution in [2.45, 2.75) is 0 Å². The van der Waals surface area contributed by atoms with Crippen molar-refractivity contribution in [3.05, 3.63) is 0 Å². The van der Waals surface area contributed by atoms with Crippen molar-refractivity contribution in [3.63, 3.8) is 0 Å². The fraction of sp³-hybridized carbons (Fsp3) is 0. The van der Waals surface area contributed by atoms with Crippen molar-refractivity contribution in [2.24, 2.45) is 0 Å². The molecule has 0 spiro atoms. The van der Waals surface area contributed by atoms with Crippen LogP contribution < -0.4 is 0 Å². The van der Waals surface area contributed by atoms with Gasteiger partial charge in [0, 0.05) is 0 Å². The second kappa shape index (κ2) is 5.04. The van der Waals surface area contributed by atoms with Crippen LogP contribution in [0.4, 0.5) is 4.79 Å². The topological polar surface area (TPSA) is 51.2 Å². The van der Waals surface area contributed by atoms with Gasteiger partial charge < -0.3 is 0 Å². The van der Waals surface area contributed by atoms with Gasteiger partial charge in [-0.2, -0.15) is 0 Å². The summed E-state index contributed by atoms with van der Waals surface area (Å²) in [7, 11) is 0. The second-order valence-corrected chi connectivity index (χ2v) is 3.78. The standard InChI is InChI=1S/3CO.2Al/c3*1-2;;. The van der Waals surface area contributed by atoms with Gasteiger partial charge in [0.05, 0.1) is 0 Å². The molecule has 0 N–H and O–H groups in total. The van der Waals surface area contributed by atoms with E-state index in [9.17, 15) is 14.4 Å².